The zero-order valence-corrected chi connectivity index (χ0v) is 8.69. The van der Waals surface area contributed by atoms with E-state index in [0.29, 0.717) is 4.64 Å². The van der Waals surface area contributed by atoms with E-state index in [1.54, 1.807) is 12.3 Å². The highest BCUT2D eigenvalue weighted by Crippen LogP contribution is 1.99. The van der Waals surface area contributed by atoms with E-state index in [4.69, 9.17) is 23.4 Å². The normalized spacial score (nSPS) is 11.4. The van der Waals surface area contributed by atoms with Crippen LogP contribution >= 0.6 is 12.2 Å². The molecule has 4 nitrogen and oxygen atoms in total. The standard InChI is InChI=1S/C9H12N4S/c1-6(12-5-8(10)11)7-2-3-9(14)13-4-7/h2-4H,5H2,1H3,(H3,10,11)(H,13,14). The topological polar surface area (TPSA) is 78.0 Å². The van der Waals surface area contributed by atoms with Gasteiger partial charge in [-0.2, -0.15) is 0 Å². The smallest absolute Gasteiger partial charge is 0.113 e. The van der Waals surface area contributed by atoms with E-state index in [0.717, 1.165) is 11.3 Å². The Bertz CT molecular complexity index is 399. The number of nitrogens with two attached hydrogens (primary N) is 1. The summed E-state index contributed by atoms with van der Waals surface area (Å²) in [5.41, 5.74) is 6.99. The average Bonchev–Trinajstić information content (AvgIpc) is 2.15. The number of hydrogen-bond acceptors (Lipinski definition) is 3. The van der Waals surface area contributed by atoms with Crippen LogP contribution in [0.2, 0.25) is 0 Å². The number of aromatic amines is 1. The summed E-state index contributed by atoms with van der Waals surface area (Å²) in [7, 11) is 0. The van der Waals surface area contributed by atoms with Gasteiger partial charge in [-0.05, 0) is 19.1 Å². The first kappa shape index (κ1) is 10.6. The number of amidine groups is 1. The van der Waals surface area contributed by atoms with Gasteiger partial charge in [-0.1, -0.05) is 12.2 Å². The third-order valence-corrected chi connectivity index (χ3v) is 1.94. The molecular formula is C9H12N4S. The largest absolute Gasteiger partial charge is 0.386 e. The molecule has 1 aromatic rings. The Labute approximate surface area is 87.4 Å². The Morgan fingerprint density at radius 1 is 1.64 bits per heavy atom. The van der Waals surface area contributed by atoms with Gasteiger partial charge in [0.25, 0.3) is 0 Å². The molecule has 74 valence electrons. The van der Waals surface area contributed by atoms with E-state index >= 15 is 0 Å². The zero-order chi connectivity index (χ0) is 10.6. The number of H-pyrrole nitrogens is 1. The lowest BCUT2D eigenvalue weighted by Crippen LogP contribution is -2.14. The van der Waals surface area contributed by atoms with Gasteiger partial charge in [-0.15, -0.1) is 0 Å². The van der Waals surface area contributed by atoms with Crippen LogP contribution in [0, 0.1) is 10.0 Å². The maximum atomic E-state index is 7.03. The van der Waals surface area contributed by atoms with Crippen LogP contribution in [0.1, 0.15) is 12.5 Å². The summed E-state index contributed by atoms with van der Waals surface area (Å²) in [6, 6.07) is 3.69. The lowest BCUT2D eigenvalue weighted by Gasteiger charge is -1.99. The Kier molecular flexibility index (Phi) is 3.53. The number of nitrogens with one attached hydrogen (secondary N) is 2. The van der Waals surface area contributed by atoms with Crippen LogP contribution in [0.4, 0.5) is 0 Å². The number of aliphatic imine (C=N–C) groups is 1. The highest BCUT2D eigenvalue weighted by molar-refractivity contribution is 7.71. The number of nitrogens with zero attached hydrogens (tertiary/aromatic N) is 1. The number of pyridine rings is 1. The second-order valence-electron chi connectivity index (χ2n) is 2.87. The average molecular weight is 208 g/mol. The van der Waals surface area contributed by atoms with E-state index in [9.17, 15) is 0 Å². The summed E-state index contributed by atoms with van der Waals surface area (Å²) in [4.78, 5) is 7.05. The maximum Gasteiger partial charge on any atom is 0.113 e. The Hall–Kier alpha value is -1.49. The Morgan fingerprint density at radius 3 is 2.86 bits per heavy atom. The predicted molar refractivity (Wildman–Crippen MR) is 60.6 cm³/mol. The summed E-state index contributed by atoms with van der Waals surface area (Å²) in [5.74, 6) is 0.0632. The van der Waals surface area contributed by atoms with Crippen molar-refractivity contribution in [2.24, 2.45) is 10.7 Å². The lowest BCUT2D eigenvalue weighted by atomic mass is 10.2. The van der Waals surface area contributed by atoms with Crippen molar-refractivity contribution in [3.8, 4) is 0 Å². The van der Waals surface area contributed by atoms with Crippen LogP contribution in [0.25, 0.3) is 0 Å². The third kappa shape index (κ3) is 3.10. The molecule has 1 heterocycles. The summed E-state index contributed by atoms with van der Waals surface area (Å²) in [6.07, 6.45) is 1.79. The zero-order valence-electron chi connectivity index (χ0n) is 7.87. The van der Waals surface area contributed by atoms with Crippen LogP contribution in [-0.2, 0) is 0 Å². The summed E-state index contributed by atoms with van der Waals surface area (Å²) in [6.45, 7) is 2.11. The predicted octanol–water partition coefficient (Wildman–Crippen LogP) is 1.49. The third-order valence-electron chi connectivity index (χ3n) is 1.69. The minimum atomic E-state index is 0.0632. The number of rotatable bonds is 3. The van der Waals surface area contributed by atoms with E-state index in [2.05, 4.69) is 9.98 Å². The van der Waals surface area contributed by atoms with Gasteiger partial charge in [0.1, 0.15) is 10.5 Å². The van der Waals surface area contributed by atoms with Crippen molar-refractivity contribution in [2.75, 3.05) is 6.54 Å². The highest BCUT2D eigenvalue weighted by Gasteiger charge is 1.95. The monoisotopic (exact) mass is 208 g/mol. The molecule has 4 N–H and O–H groups in total. The van der Waals surface area contributed by atoms with Gasteiger partial charge in [-0.3, -0.25) is 10.4 Å². The van der Waals surface area contributed by atoms with Crippen LogP contribution in [0.3, 0.4) is 0 Å². The first-order chi connectivity index (χ1) is 6.59. The number of aromatic nitrogens is 1. The summed E-state index contributed by atoms with van der Waals surface area (Å²) >= 11 is 4.91. The van der Waals surface area contributed by atoms with Crippen LogP contribution in [0.5, 0.6) is 0 Å². The lowest BCUT2D eigenvalue weighted by molar-refractivity contribution is 1.21. The SMILES string of the molecule is CC(=NCC(=N)N)c1ccc(=S)[nH]c1. The molecule has 1 rings (SSSR count). The van der Waals surface area contributed by atoms with Crippen molar-refractivity contribution >= 4 is 23.8 Å². The molecule has 0 saturated heterocycles. The molecule has 0 aliphatic carbocycles. The minimum absolute atomic E-state index is 0.0632. The molecule has 0 aromatic carbocycles. The molecule has 0 aliphatic heterocycles. The molecular weight excluding hydrogens is 196 g/mol. The van der Waals surface area contributed by atoms with E-state index in [1.807, 2.05) is 13.0 Å². The van der Waals surface area contributed by atoms with E-state index < -0.39 is 0 Å². The molecule has 0 amide bonds. The quantitative estimate of drug-likeness (QED) is 0.400. The van der Waals surface area contributed by atoms with Crippen molar-refractivity contribution in [3.05, 3.63) is 28.5 Å². The van der Waals surface area contributed by atoms with E-state index in [1.165, 1.54) is 0 Å². The van der Waals surface area contributed by atoms with Crippen LogP contribution < -0.4 is 5.73 Å². The Balaban J connectivity index is 2.83. The molecule has 0 unspecified atom stereocenters. The van der Waals surface area contributed by atoms with Gasteiger partial charge in [0, 0.05) is 17.5 Å². The molecule has 1 aromatic heterocycles. The highest BCUT2D eigenvalue weighted by atomic mass is 32.1. The molecule has 0 radical (unpaired) electrons. The van der Waals surface area contributed by atoms with Crippen molar-refractivity contribution in [3.63, 3.8) is 0 Å². The summed E-state index contributed by atoms with van der Waals surface area (Å²) < 4.78 is 0.688. The Morgan fingerprint density at radius 2 is 2.36 bits per heavy atom. The van der Waals surface area contributed by atoms with Crippen molar-refractivity contribution < 1.29 is 0 Å². The van der Waals surface area contributed by atoms with Crippen molar-refractivity contribution in [1.29, 1.82) is 5.41 Å². The fourth-order valence-electron chi connectivity index (χ4n) is 0.931. The van der Waals surface area contributed by atoms with Crippen molar-refractivity contribution in [2.45, 2.75) is 6.92 Å². The van der Waals surface area contributed by atoms with E-state index in [-0.39, 0.29) is 12.4 Å². The van der Waals surface area contributed by atoms with Gasteiger partial charge in [0.2, 0.25) is 0 Å². The van der Waals surface area contributed by atoms with Crippen LogP contribution in [0.15, 0.2) is 23.3 Å². The first-order valence-corrected chi connectivity index (χ1v) is 4.53. The van der Waals surface area contributed by atoms with Crippen molar-refractivity contribution in [1.82, 2.24) is 4.98 Å². The summed E-state index contributed by atoms with van der Waals surface area (Å²) in [5, 5.41) is 7.03. The van der Waals surface area contributed by atoms with Gasteiger partial charge >= 0.3 is 0 Å². The van der Waals surface area contributed by atoms with Gasteiger partial charge in [0.15, 0.2) is 0 Å². The molecule has 0 atom stereocenters. The first-order valence-electron chi connectivity index (χ1n) is 4.12. The molecule has 14 heavy (non-hydrogen) atoms. The molecule has 0 bridgehead atoms. The fraction of sp³-hybridized carbons (Fsp3) is 0.222. The van der Waals surface area contributed by atoms with Gasteiger partial charge < -0.3 is 10.7 Å². The van der Waals surface area contributed by atoms with Gasteiger partial charge in [-0.25, -0.2) is 0 Å². The molecule has 0 aliphatic rings. The molecule has 5 heteroatoms. The number of hydrogen-bond donors (Lipinski definition) is 3. The maximum absolute atomic E-state index is 7.03. The second-order valence-corrected chi connectivity index (χ2v) is 3.31. The molecule has 0 saturated carbocycles. The second kappa shape index (κ2) is 4.66. The van der Waals surface area contributed by atoms with Crippen LogP contribution in [-0.4, -0.2) is 23.1 Å². The molecule has 0 fully saturated rings. The van der Waals surface area contributed by atoms with Gasteiger partial charge in [0.05, 0.1) is 6.54 Å². The minimum Gasteiger partial charge on any atom is -0.386 e. The molecule has 0 spiro atoms. The fourth-order valence-corrected chi connectivity index (χ4v) is 1.06.